The third-order valence-corrected chi connectivity index (χ3v) is 2.71. The van der Waals surface area contributed by atoms with Crippen LogP contribution < -0.4 is 0 Å². The Morgan fingerprint density at radius 3 is 2.75 bits per heavy atom. The van der Waals surface area contributed by atoms with E-state index in [0.717, 1.165) is 11.8 Å². The lowest BCUT2D eigenvalue weighted by molar-refractivity contribution is -0.133. The van der Waals surface area contributed by atoms with Crippen LogP contribution in [0.3, 0.4) is 0 Å². The van der Waals surface area contributed by atoms with Gasteiger partial charge in [-0.05, 0) is 0 Å². The number of carbonyl (C=O) groups is 1. The zero-order valence-electron chi connectivity index (χ0n) is 8.56. The minimum atomic E-state index is -2.51. The first kappa shape index (κ1) is 12.9. The van der Waals surface area contributed by atoms with E-state index in [0.29, 0.717) is 12.2 Å². The number of aliphatic carboxylic acids is 1. The number of hydrogen-bond donors (Lipinski definition) is 1. The molecule has 1 heterocycles. The lowest BCUT2D eigenvalue weighted by atomic mass is 10.4. The Hall–Kier alpha value is -1.18. The second-order valence-corrected chi connectivity index (χ2v) is 3.88. The topological polar surface area (TPSA) is 68.0 Å². The number of thioether (sulfide) groups is 1. The molecule has 1 aromatic rings. The smallest absolute Gasteiger partial charge is 0.313 e. The number of nitrogens with zero attached hydrogens (tertiary/aromatic N) is 3. The Labute approximate surface area is 94.9 Å². The summed E-state index contributed by atoms with van der Waals surface area (Å²) < 4.78 is 25.8. The average molecular weight is 251 g/mol. The van der Waals surface area contributed by atoms with E-state index in [1.165, 1.54) is 4.57 Å². The highest BCUT2D eigenvalue weighted by molar-refractivity contribution is 7.99. The normalized spacial score (nSPS) is 11.0. The van der Waals surface area contributed by atoms with Crippen LogP contribution in [0.2, 0.25) is 0 Å². The maximum absolute atomic E-state index is 12.3. The van der Waals surface area contributed by atoms with Gasteiger partial charge in [0.15, 0.2) is 5.16 Å². The summed E-state index contributed by atoms with van der Waals surface area (Å²) in [5.74, 6) is -0.798. The fraction of sp³-hybridized carbons (Fsp3) is 0.625. The van der Waals surface area contributed by atoms with Gasteiger partial charge in [0, 0.05) is 6.42 Å². The van der Waals surface area contributed by atoms with Crippen molar-refractivity contribution in [2.45, 2.75) is 31.5 Å². The summed E-state index contributed by atoms with van der Waals surface area (Å²) in [6.45, 7) is 1.27. The molecule has 0 atom stereocenters. The average Bonchev–Trinajstić information content (AvgIpc) is 2.56. The van der Waals surface area contributed by atoms with E-state index in [9.17, 15) is 13.6 Å². The summed E-state index contributed by atoms with van der Waals surface area (Å²) in [5.41, 5.74) is 0. The molecule has 0 radical (unpaired) electrons. The third-order valence-electron chi connectivity index (χ3n) is 1.76. The van der Waals surface area contributed by atoms with E-state index >= 15 is 0 Å². The van der Waals surface area contributed by atoms with Crippen LogP contribution >= 0.6 is 11.8 Å². The van der Waals surface area contributed by atoms with Gasteiger partial charge >= 0.3 is 5.97 Å². The highest BCUT2D eigenvalue weighted by atomic mass is 32.2. The molecule has 16 heavy (non-hydrogen) atoms. The Balaban J connectivity index is 2.82. The summed E-state index contributed by atoms with van der Waals surface area (Å²) in [6, 6.07) is 0. The van der Waals surface area contributed by atoms with E-state index in [-0.39, 0.29) is 10.9 Å². The van der Waals surface area contributed by atoms with Crippen molar-refractivity contribution in [1.29, 1.82) is 0 Å². The highest BCUT2D eigenvalue weighted by Gasteiger charge is 2.16. The number of carboxylic acid groups (broad SMARTS) is 1. The van der Waals surface area contributed by atoms with Crippen molar-refractivity contribution in [2.75, 3.05) is 5.75 Å². The summed E-state index contributed by atoms with van der Waals surface area (Å²) >= 11 is 0.890. The first-order valence-electron chi connectivity index (χ1n) is 4.59. The first-order valence-corrected chi connectivity index (χ1v) is 5.58. The zero-order chi connectivity index (χ0) is 12.1. The molecule has 0 amide bonds. The Bertz CT molecular complexity index is 370. The fourth-order valence-electron chi connectivity index (χ4n) is 1.13. The van der Waals surface area contributed by atoms with Crippen LogP contribution in [0.15, 0.2) is 5.16 Å². The summed E-state index contributed by atoms with van der Waals surface area (Å²) in [4.78, 5) is 10.4. The Morgan fingerprint density at radius 2 is 2.25 bits per heavy atom. The van der Waals surface area contributed by atoms with E-state index in [1.807, 2.05) is 0 Å². The van der Waals surface area contributed by atoms with Crippen molar-refractivity contribution in [3.63, 3.8) is 0 Å². The molecule has 0 bridgehead atoms. The fourth-order valence-corrected chi connectivity index (χ4v) is 1.82. The van der Waals surface area contributed by atoms with Gasteiger partial charge in [0.2, 0.25) is 0 Å². The molecule has 8 heteroatoms. The number of hydrogen-bond acceptors (Lipinski definition) is 4. The Morgan fingerprint density at radius 1 is 1.56 bits per heavy atom. The predicted octanol–water partition coefficient (Wildman–Crippen LogP) is 1.28. The van der Waals surface area contributed by atoms with Gasteiger partial charge < -0.3 is 9.67 Å². The van der Waals surface area contributed by atoms with Gasteiger partial charge in [-0.2, -0.15) is 0 Å². The molecule has 0 fully saturated rings. The molecule has 0 aromatic carbocycles. The molecular formula is C8H11F2N3O2S. The number of rotatable bonds is 6. The van der Waals surface area contributed by atoms with Crippen molar-refractivity contribution in [2.24, 2.45) is 0 Å². The number of aryl methyl sites for hydroxylation is 1. The van der Waals surface area contributed by atoms with Gasteiger partial charge in [-0.15, -0.1) is 10.2 Å². The standard InChI is InChI=1S/C8H11F2N3O2S/c1-2-6-11-12-8(16-4-7(14)15)13(6)3-5(9)10/h5H,2-4H2,1H3,(H,14,15). The maximum Gasteiger partial charge on any atom is 0.313 e. The molecule has 0 unspecified atom stereocenters. The maximum atomic E-state index is 12.3. The molecule has 0 aliphatic carbocycles. The molecule has 1 aromatic heterocycles. The van der Waals surface area contributed by atoms with Gasteiger partial charge in [0.25, 0.3) is 6.43 Å². The SMILES string of the molecule is CCc1nnc(SCC(=O)O)n1CC(F)F. The summed E-state index contributed by atoms with van der Waals surface area (Å²) in [5, 5.41) is 16.1. The summed E-state index contributed by atoms with van der Waals surface area (Å²) in [7, 11) is 0. The quantitative estimate of drug-likeness (QED) is 0.771. The van der Waals surface area contributed by atoms with Crippen LogP contribution in [0.25, 0.3) is 0 Å². The van der Waals surface area contributed by atoms with Crippen LogP contribution in [-0.4, -0.2) is 38.0 Å². The van der Waals surface area contributed by atoms with Crippen LogP contribution in [0.4, 0.5) is 8.78 Å². The minimum absolute atomic E-state index is 0.217. The van der Waals surface area contributed by atoms with Crippen LogP contribution in [0.5, 0.6) is 0 Å². The monoisotopic (exact) mass is 251 g/mol. The van der Waals surface area contributed by atoms with Crippen LogP contribution in [-0.2, 0) is 17.8 Å². The summed E-state index contributed by atoms with van der Waals surface area (Å²) in [6.07, 6.45) is -2.03. The minimum Gasteiger partial charge on any atom is -0.481 e. The van der Waals surface area contributed by atoms with Gasteiger partial charge in [-0.25, -0.2) is 8.78 Å². The molecule has 5 nitrogen and oxygen atoms in total. The van der Waals surface area contributed by atoms with E-state index < -0.39 is 18.9 Å². The van der Waals surface area contributed by atoms with Gasteiger partial charge in [-0.3, -0.25) is 4.79 Å². The number of alkyl halides is 2. The number of halogens is 2. The first-order chi connectivity index (χ1) is 7.54. The Kier molecular flexibility index (Phi) is 4.66. The predicted molar refractivity (Wildman–Crippen MR) is 53.8 cm³/mol. The van der Waals surface area contributed by atoms with Gasteiger partial charge in [0.05, 0.1) is 12.3 Å². The molecule has 0 saturated heterocycles. The molecule has 0 aliphatic rings. The molecular weight excluding hydrogens is 240 g/mol. The van der Waals surface area contributed by atoms with Crippen LogP contribution in [0, 0.1) is 0 Å². The van der Waals surface area contributed by atoms with Crippen molar-refractivity contribution in [1.82, 2.24) is 14.8 Å². The second kappa shape index (κ2) is 5.78. The molecule has 90 valence electrons. The number of carboxylic acids is 1. The van der Waals surface area contributed by atoms with Crippen molar-refractivity contribution in [3.05, 3.63) is 5.82 Å². The number of aromatic nitrogens is 3. The van der Waals surface area contributed by atoms with Crippen molar-refractivity contribution in [3.8, 4) is 0 Å². The van der Waals surface area contributed by atoms with Gasteiger partial charge in [-0.1, -0.05) is 18.7 Å². The van der Waals surface area contributed by atoms with Crippen molar-refractivity contribution < 1.29 is 18.7 Å². The van der Waals surface area contributed by atoms with E-state index in [4.69, 9.17) is 5.11 Å². The molecule has 1 N–H and O–H groups in total. The highest BCUT2D eigenvalue weighted by Crippen LogP contribution is 2.18. The van der Waals surface area contributed by atoms with Gasteiger partial charge in [0.1, 0.15) is 5.82 Å². The molecule has 0 saturated carbocycles. The lowest BCUT2D eigenvalue weighted by Crippen LogP contribution is -2.11. The third kappa shape index (κ3) is 3.44. The van der Waals surface area contributed by atoms with E-state index in [2.05, 4.69) is 10.2 Å². The largest absolute Gasteiger partial charge is 0.481 e. The lowest BCUT2D eigenvalue weighted by Gasteiger charge is -2.07. The second-order valence-electron chi connectivity index (χ2n) is 2.94. The molecule has 0 spiro atoms. The zero-order valence-corrected chi connectivity index (χ0v) is 9.38. The van der Waals surface area contributed by atoms with Crippen LogP contribution in [0.1, 0.15) is 12.7 Å². The van der Waals surface area contributed by atoms with Crippen molar-refractivity contribution >= 4 is 17.7 Å². The molecule has 1 rings (SSSR count). The molecule has 0 aliphatic heterocycles. The van der Waals surface area contributed by atoms with E-state index in [1.54, 1.807) is 6.92 Å².